The van der Waals surface area contributed by atoms with E-state index in [2.05, 4.69) is 27.6 Å². The van der Waals surface area contributed by atoms with Gasteiger partial charge in [-0.25, -0.2) is 4.98 Å². The van der Waals surface area contributed by atoms with Gasteiger partial charge in [0.05, 0.1) is 16.1 Å². The standard InChI is InChI=1S/C17H11N5OS/c1-10-9-12(20-23-10)16-17-18-15(14-7-4-8-24-14)11-5-2-3-6-13(11)22(17)21-19-16/h2-9H,1H3. The first-order valence-electron chi connectivity index (χ1n) is 7.43. The van der Waals surface area contributed by atoms with Gasteiger partial charge in [0.2, 0.25) is 0 Å². The van der Waals surface area contributed by atoms with Gasteiger partial charge < -0.3 is 4.52 Å². The smallest absolute Gasteiger partial charge is 0.186 e. The van der Waals surface area contributed by atoms with Crippen LogP contribution in [0.4, 0.5) is 0 Å². The van der Waals surface area contributed by atoms with Gasteiger partial charge in [-0.2, -0.15) is 4.52 Å². The SMILES string of the molecule is Cc1cc(-c2nnn3c2nc(-c2cccs2)c2ccccc23)no1. The molecule has 0 spiro atoms. The Bertz CT molecular complexity index is 1170. The molecule has 0 radical (unpaired) electrons. The summed E-state index contributed by atoms with van der Waals surface area (Å²) in [4.78, 5) is 5.97. The Labute approximate surface area is 140 Å². The summed E-state index contributed by atoms with van der Waals surface area (Å²) in [5, 5.41) is 15.7. The van der Waals surface area contributed by atoms with Crippen LogP contribution < -0.4 is 0 Å². The molecule has 4 heterocycles. The zero-order chi connectivity index (χ0) is 16.1. The summed E-state index contributed by atoms with van der Waals surface area (Å²) in [6.45, 7) is 1.85. The zero-order valence-electron chi connectivity index (χ0n) is 12.7. The van der Waals surface area contributed by atoms with Crippen molar-refractivity contribution in [1.82, 2.24) is 25.0 Å². The fourth-order valence-corrected chi connectivity index (χ4v) is 3.54. The second-order valence-electron chi connectivity index (χ2n) is 5.45. The first-order chi connectivity index (χ1) is 11.8. The first-order valence-corrected chi connectivity index (χ1v) is 8.31. The van der Waals surface area contributed by atoms with Crippen molar-refractivity contribution in [1.29, 1.82) is 0 Å². The quantitative estimate of drug-likeness (QED) is 0.489. The third-order valence-electron chi connectivity index (χ3n) is 3.88. The summed E-state index contributed by atoms with van der Waals surface area (Å²) < 4.78 is 6.93. The molecule has 1 aromatic carbocycles. The predicted octanol–water partition coefficient (Wildman–Crippen LogP) is 3.97. The number of para-hydroxylation sites is 1. The molecule has 0 aliphatic rings. The molecule has 116 valence electrons. The van der Waals surface area contributed by atoms with Gasteiger partial charge in [-0.1, -0.05) is 34.6 Å². The van der Waals surface area contributed by atoms with Crippen molar-refractivity contribution in [3.63, 3.8) is 0 Å². The van der Waals surface area contributed by atoms with Crippen molar-refractivity contribution in [3.05, 3.63) is 53.6 Å². The average molecular weight is 333 g/mol. The number of aryl methyl sites for hydroxylation is 1. The Morgan fingerprint density at radius 1 is 1.08 bits per heavy atom. The van der Waals surface area contributed by atoms with Gasteiger partial charge in [0, 0.05) is 11.5 Å². The van der Waals surface area contributed by atoms with Crippen molar-refractivity contribution in [3.8, 4) is 22.0 Å². The molecule has 7 heteroatoms. The maximum atomic E-state index is 5.17. The van der Waals surface area contributed by atoms with Crippen LogP contribution >= 0.6 is 11.3 Å². The predicted molar refractivity (Wildman–Crippen MR) is 91.8 cm³/mol. The van der Waals surface area contributed by atoms with E-state index >= 15 is 0 Å². The maximum absolute atomic E-state index is 5.17. The molecule has 0 bridgehead atoms. The topological polar surface area (TPSA) is 69.1 Å². The molecule has 4 aromatic heterocycles. The van der Waals surface area contributed by atoms with Gasteiger partial charge in [0.1, 0.15) is 11.5 Å². The van der Waals surface area contributed by atoms with Crippen LogP contribution in [0.25, 0.3) is 38.5 Å². The molecule has 0 amide bonds. The molecule has 0 aliphatic carbocycles. The summed E-state index contributed by atoms with van der Waals surface area (Å²) in [6.07, 6.45) is 0. The second-order valence-corrected chi connectivity index (χ2v) is 6.40. The van der Waals surface area contributed by atoms with Crippen molar-refractivity contribution in [2.24, 2.45) is 0 Å². The van der Waals surface area contributed by atoms with Gasteiger partial charge in [-0.3, -0.25) is 0 Å². The van der Waals surface area contributed by atoms with Crippen LogP contribution in [0.2, 0.25) is 0 Å². The number of hydrogen-bond donors (Lipinski definition) is 0. The molecule has 0 aliphatic heterocycles. The van der Waals surface area contributed by atoms with Crippen LogP contribution in [0.1, 0.15) is 5.76 Å². The van der Waals surface area contributed by atoms with Crippen molar-refractivity contribution < 1.29 is 4.52 Å². The Morgan fingerprint density at radius 2 is 2.00 bits per heavy atom. The van der Waals surface area contributed by atoms with Crippen LogP contribution in [0.5, 0.6) is 0 Å². The van der Waals surface area contributed by atoms with Gasteiger partial charge in [-0.05, 0) is 24.4 Å². The molecule has 5 aromatic rings. The number of rotatable bonds is 2. The molecular weight excluding hydrogens is 322 g/mol. The summed E-state index contributed by atoms with van der Waals surface area (Å²) in [6, 6.07) is 14.0. The lowest BCUT2D eigenvalue weighted by molar-refractivity contribution is 0.399. The maximum Gasteiger partial charge on any atom is 0.186 e. The van der Waals surface area contributed by atoms with Gasteiger partial charge >= 0.3 is 0 Å². The number of thiophene rings is 1. The molecule has 0 atom stereocenters. The molecule has 0 saturated carbocycles. The Hall–Kier alpha value is -3.06. The highest BCUT2D eigenvalue weighted by atomic mass is 32.1. The van der Waals surface area contributed by atoms with Gasteiger partial charge in [0.25, 0.3) is 0 Å². The van der Waals surface area contributed by atoms with Crippen molar-refractivity contribution >= 4 is 27.9 Å². The number of nitrogens with zero attached hydrogens (tertiary/aromatic N) is 5. The van der Waals surface area contributed by atoms with E-state index < -0.39 is 0 Å². The minimum absolute atomic E-state index is 0.621. The highest BCUT2D eigenvalue weighted by Crippen LogP contribution is 2.32. The fraction of sp³-hybridized carbons (Fsp3) is 0.0588. The second kappa shape index (κ2) is 4.97. The Balaban J connectivity index is 1.90. The lowest BCUT2D eigenvalue weighted by Crippen LogP contribution is -1.96. The molecule has 0 fully saturated rings. The average Bonchev–Trinajstić information content (AvgIpc) is 3.34. The van der Waals surface area contributed by atoms with E-state index in [1.54, 1.807) is 15.9 Å². The Morgan fingerprint density at radius 3 is 2.79 bits per heavy atom. The summed E-state index contributed by atoms with van der Waals surface area (Å²) >= 11 is 1.66. The summed E-state index contributed by atoms with van der Waals surface area (Å²) in [7, 11) is 0. The van der Waals surface area contributed by atoms with Crippen molar-refractivity contribution in [2.45, 2.75) is 6.92 Å². The van der Waals surface area contributed by atoms with Gasteiger partial charge in [-0.15, -0.1) is 16.4 Å². The van der Waals surface area contributed by atoms with Crippen molar-refractivity contribution in [2.75, 3.05) is 0 Å². The lowest BCUT2D eigenvalue weighted by Gasteiger charge is -2.06. The zero-order valence-corrected chi connectivity index (χ0v) is 13.5. The largest absolute Gasteiger partial charge is 0.361 e. The van der Waals surface area contributed by atoms with E-state index in [0.717, 1.165) is 27.2 Å². The molecular formula is C17H11N5OS. The number of hydrogen-bond acceptors (Lipinski definition) is 6. The van der Waals surface area contributed by atoms with E-state index in [9.17, 15) is 0 Å². The monoisotopic (exact) mass is 333 g/mol. The third-order valence-corrected chi connectivity index (χ3v) is 4.75. The minimum atomic E-state index is 0.621. The van der Waals surface area contributed by atoms with E-state index in [0.29, 0.717) is 17.0 Å². The van der Waals surface area contributed by atoms with Crippen LogP contribution in [0, 0.1) is 6.92 Å². The van der Waals surface area contributed by atoms with E-state index in [1.807, 2.05) is 42.6 Å². The lowest BCUT2D eigenvalue weighted by atomic mass is 10.1. The number of fused-ring (bicyclic) bond motifs is 3. The van der Waals surface area contributed by atoms with Crippen LogP contribution in [-0.2, 0) is 0 Å². The van der Waals surface area contributed by atoms with E-state index in [4.69, 9.17) is 9.51 Å². The minimum Gasteiger partial charge on any atom is -0.361 e. The van der Waals surface area contributed by atoms with E-state index in [1.165, 1.54) is 0 Å². The first kappa shape index (κ1) is 13.4. The Kier molecular flexibility index (Phi) is 2.77. The molecule has 6 nitrogen and oxygen atoms in total. The highest BCUT2D eigenvalue weighted by molar-refractivity contribution is 7.13. The number of aromatic nitrogens is 5. The highest BCUT2D eigenvalue weighted by Gasteiger charge is 2.18. The molecule has 24 heavy (non-hydrogen) atoms. The summed E-state index contributed by atoms with van der Waals surface area (Å²) in [5.74, 6) is 0.727. The van der Waals surface area contributed by atoms with E-state index in [-0.39, 0.29) is 0 Å². The molecule has 0 N–H and O–H groups in total. The van der Waals surface area contributed by atoms with Crippen LogP contribution in [0.3, 0.4) is 0 Å². The molecule has 0 unspecified atom stereocenters. The van der Waals surface area contributed by atoms with Crippen LogP contribution in [0.15, 0.2) is 52.4 Å². The molecule has 5 rings (SSSR count). The number of benzene rings is 1. The summed E-state index contributed by atoms with van der Waals surface area (Å²) in [5.41, 5.74) is 3.82. The molecule has 0 saturated heterocycles. The van der Waals surface area contributed by atoms with Gasteiger partial charge in [0.15, 0.2) is 11.3 Å². The van der Waals surface area contributed by atoms with Crippen LogP contribution in [-0.4, -0.2) is 25.0 Å². The third kappa shape index (κ3) is 1.88. The fourth-order valence-electron chi connectivity index (χ4n) is 2.81. The normalized spacial score (nSPS) is 11.5.